The number of halogens is 2. The van der Waals surface area contributed by atoms with Crippen LogP contribution in [-0.2, 0) is 26.2 Å². The standard InChI is InChI=1S/C21H25BrFN3O4S/c1-4-24-21(28)15(2)25(13-16-7-5-6-8-19(16)23)20(27)14-26(31(3,29)30)18-11-9-17(22)10-12-18/h5-12,15H,4,13-14H2,1-3H3,(H,24,28)/t15-/m0/s1. The van der Waals surface area contributed by atoms with Gasteiger partial charge in [0.05, 0.1) is 11.9 Å². The van der Waals surface area contributed by atoms with E-state index < -0.39 is 40.2 Å². The second-order valence-corrected chi connectivity index (χ2v) is 9.75. The minimum atomic E-state index is -3.80. The topological polar surface area (TPSA) is 86.8 Å². The molecule has 1 N–H and O–H groups in total. The molecular formula is C21H25BrFN3O4S. The molecule has 0 aromatic heterocycles. The molecule has 0 unspecified atom stereocenters. The van der Waals surface area contributed by atoms with Gasteiger partial charge in [-0.1, -0.05) is 34.1 Å². The maximum absolute atomic E-state index is 14.2. The summed E-state index contributed by atoms with van der Waals surface area (Å²) in [7, 11) is -3.80. The fraction of sp³-hybridized carbons (Fsp3) is 0.333. The highest BCUT2D eigenvalue weighted by molar-refractivity contribution is 9.10. The minimum absolute atomic E-state index is 0.179. The van der Waals surface area contributed by atoms with Crippen LogP contribution >= 0.6 is 15.9 Å². The van der Waals surface area contributed by atoms with Crippen molar-refractivity contribution in [1.82, 2.24) is 10.2 Å². The third-order valence-electron chi connectivity index (χ3n) is 4.61. The van der Waals surface area contributed by atoms with Gasteiger partial charge >= 0.3 is 0 Å². The van der Waals surface area contributed by atoms with Crippen LogP contribution in [0.5, 0.6) is 0 Å². The molecule has 0 radical (unpaired) electrons. The molecule has 2 aromatic rings. The summed E-state index contributed by atoms with van der Waals surface area (Å²) in [5.41, 5.74) is 0.525. The molecule has 0 heterocycles. The smallest absolute Gasteiger partial charge is 0.244 e. The highest BCUT2D eigenvalue weighted by Gasteiger charge is 2.30. The van der Waals surface area contributed by atoms with Crippen molar-refractivity contribution in [1.29, 1.82) is 0 Å². The van der Waals surface area contributed by atoms with E-state index in [9.17, 15) is 22.4 Å². The van der Waals surface area contributed by atoms with Crippen molar-refractivity contribution in [2.24, 2.45) is 0 Å². The molecule has 31 heavy (non-hydrogen) atoms. The van der Waals surface area contributed by atoms with Gasteiger partial charge in [-0.05, 0) is 44.2 Å². The predicted molar refractivity (Wildman–Crippen MR) is 121 cm³/mol. The molecule has 0 bridgehead atoms. The number of nitrogens with one attached hydrogen (secondary N) is 1. The summed E-state index contributed by atoms with van der Waals surface area (Å²) in [4.78, 5) is 26.8. The molecule has 0 aliphatic heterocycles. The zero-order chi connectivity index (χ0) is 23.2. The van der Waals surface area contributed by atoms with Crippen molar-refractivity contribution in [3.05, 3.63) is 64.4 Å². The highest BCUT2D eigenvalue weighted by Crippen LogP contribution is 2.22. The number of likely N-dealkylation sites (N-methyl/N-ethyl adjacent to an activating group) is 1. The number of carbonyl (C=O) groups is 2. The van der Waals surface area contributed by atoms with Crippen LogP contribution in [0.1, 0.15) is 19.4 Å². The van der Waals surface area contributed by atoms with Crippen LogP contribution in [0.4, 0.5) is 10.1 Å². The van der Waals surface area contributed by atoms with E-state index in [-0.39, 0.29) is 12.1 Å². The maximum Gasteiger partial charge on any atom is 0.244 e. The van der Waals surface area contributed by atoms with Crippen LogP contribution < -0.4 is 9.62 Å². The summed E-state index contributed by atoms with van der Waals surface area (Å²) in [6.07, 6.45) is 0.997. The molecule has 10 heteroatoms. The zero-order valence-electron chi connectivity index (χ0n) is 17.5. The van der Waals surface area contributed by atoms with Gasteiger partial charge in [-0.15, -0.1) is 0 Å². The Labute approximate surface area is 190 Å². The maximum atomic E-state index is 14.2. The van der Waals surface area contributed by atoms with E-state index in [4.69, 9.17) is 0 Å². The van der Waals surface area contributed by atoms with Gasteiger partial charge in [0.2, 0.25) is 21.8 Å². The van der Waals surface area contributed by atoms with E-state index in [1.807, 2.05) is 0 Å². The number of hydrogen-bond donors (Lipinski definition) is 1. The molecule has 168 valence electrons. The fourth-order valence-corrected chi connectivity index (χ4v) is 4.05. The fourth-order valence-electron chi connectivity index (χ4n) is 2.94. The summed E-state index contributed by atoms with van der Waals surface area (Å²) in [5, 5.41) is 2.64. The van der Waals surface area contributed by atoms with E-state index in [2.05, 4.69) is 21.2 Å². The molecule has 1 atom stereocenters. The minimum Gasteiger partial charge on any atom is -0.355 e. The summed E-state index contributed by atoms with van der Waals surface area (Å²) in [6, 6.07) is 11.4. The average Bonchev–Trinajstić information content (AvgIpc) is 2.71. The van der Waals surface area contributed by atoms with Gasteiger partial charge < -0.3 is 10.2 Å². The summed E-state index contributed by atoms with van der Waals surface area (Å²) >= 11 is 3.29. The Morgan fingerprint density at radius 3 is 2.29 bits per heavy atom. The summed E-state index contributed by atoms with van der Waals surface area (Å²) < 4.78 is 40.7. The van der Waals surface area contributed by atoms with Crippen LogP contribution in [0.15, 0.2) is 53.0 Å². The predicted octanol–water partition coefficient (Wildman–Crippen LogP) is 2.91. The van der Waals surface area contributed by atoms with E-state index in [1.54, 1.807) is 37.3 Å². The van der Waals surface area contributed by atoms with Gasteiger partial charge in [-0.25, -0.2) is 12.8 Å². The first-order valence-corrected chi connectivity index (χ1v) is 12.2. The number of carbonyl (C=O) groups excluding carboxylic acids is 2. The molecule has 0 saturated heterocycles. The quantitative estimate of drug-likeness (QED) is 0.558. The van der Waals surface area contributed by atoms with Crippen LogP contribution in [0, 0.1) is 5.82 Å². The van der Waals surface area contributed by atoms with Crippen molar-refractivity contribution in [2.45, 2.75) is 26.4 Å². The normalized spacial score (nSPS) is 12.2. The van der Waals surface area contributed by atoms with Gasteiger partial charge in [0.1, 0.15) is 18.4 Å². The van der Waals surface area contributed by atoms with Gasteiger partial charge in [0.25, 0.3) is 0 Å². The van der Waals surface area contributed by atoms with Gasteiger partial charge in [-0.2, -0.15) is 0 Å². The van der Waals surface area contributed by atoms with E-state index in [1.165, 1.54) is 30.0 Å². The van der Waals surface area contributed by atoms with Gasteiger partial charge in [-0.3, -0.25) is 13.9 Å². The molecule has 2 amide bonds. The Bertz CT molecular complexity index is 1030. The first kappa shape index (κ1) is 24.8. The van der Waals surface area contributed by atoms with E-state index >= 15 is 0 Å². The van der Waals surface area contributed by atoms with Gasteiger partial charge in [0.15, 0.2) is 0 Å². The van der Waals surface area contributed by atoms with E-state index in [0.717, 1.165) is 15.0 Å². The second-order valence-electron chi connectivity index (χ2n) is 6.93. The molecule has 0 aliphatic rings. The Morgan fingerprint density at radius 2 is 1.74 bits per heavy atom. The molecule has 0 aliphatic carbocycles. The van der Waals surface area contributed by atoms with Crippen LogP contribution in [0.25, 0.3) is 0 Å². The number of benzene rings is 2. The molecule has 2 aromatic carbocycles. The Kier molecular flexibility index (Phi) is 8.58. The second kappa shape index (κ2) is 10.7. The molecule has 0 fully saturated rings. The third kappa shape index (κ3) is 6.76. The highest BCUT2D eigenvalue weighted by atomic mass is 79.9. The lowest BCUT2D eigenvalue weighted by atomic mass is 10.1. The van der Waals surface area contributed by atoms with Crippen LogP contribution in [0.3, 0.4) is 0 Å². The monoisotopic (exact) mass is 513 g/mol. The number of sulfonamides is 1. The average molecular weight is 514 g/mol. The lowest BCUT2D eigenvalue weighted by molar-refractivity contribution is -0.139. The third-order valence-corrected chi connectivity index (χ3v) is 6.28. The number of hydrogen-bond acceptors (Lipinski definition) is 4. The first-order chi connectivity index (χ1) is 14.5. The van der Waals surface area contributed by atoms with Crippen molar-refractivity contribution < 1.29 is 22.4 Å². The Hall–Kier alpha value is -2.46. The van der Waals surface area contributed by atoms with Crippen molar-refractivity contribution in [2.75, 3.05) is 23.7 Å². The molecule has 0 spiro atoms. The summed E-state index contributed by atoms with van der Waals surface area (Å²) in [6.45, 7) is 2.92. The largest absolute Gasteiger partial charge is 0.355 e. The van der Waals surface area contributed by atoms with E-state index in [0.29, 0.717) is 12.2 Å². The number of nitrogens with zero attached hydrogens (tertiary/aromatic N) is 2. The first-order valence-electron chi connectivity index (χ1n) is 9.58. The SMILES string of the molecule is CCNC(=O)[C@H](C)N(Cc1ccccc1F)C(=O)CN(c1ccc(Br)cc1)S(C)(=O)=O. The van der Waals surface area contributed by atoms with Crippen LogP contribution in [0.2, 0.25) is 0 Å². The van der Waals surface area contributed by atoms with Crippen LogP contribution in [-0.4, -0.2) is 50.5 Å². The molecule has 7 nitrogen and oxygen atoms in total. The van der Waals surface area contributed by atoms with Gasteiger partial charge in [0, 0.05) is 23.1 Å². The number of rotatable bonds is 9. The van der Waals surface area contributed by atoms with Crippen molar-refractivity contribution >= 4 is 43.5 Å². The van der Waals surface area contributed by atoms with Crippen molar-refractivity contribution in [3.8, 4) is 0 Å². The zero-order valence-corrected chi connectivity index (χ0v) is 19.9. The Balaban J connectivity index is 2.38. The number of amides is 2. The molecular weight excluding hydrogens is 489 g/mol. The Morgan fingerprint density at radius 1 is 1.13 bits per heavy atom. The van der Waals surface area contributed by atoms with Crippen molar-refractivity contribution in [3.63, 3.8) is 0 Å². The lowest BCUT2D eigenvalue weighted by Crippen LogP contribution is -2.51. The number of anilines is 1. The lowest BCUT2D eigenvalue weighted by Gasteiger charge is -2.31. The summed E-state index contributed by atoms with van der Waals surface area (Å²) in [5.74, 6) is -1.56. The molecule has 2 rings (SSSR count). The molecule has 0 saturated carbocycles.